The Morgan fingerprint density at radius 3 is 2.31 bits per heavy atom. The summed E-state index contributed by atoms with van der Waals surface area (Å²) in [6.45, 7) is 2.43. The first kappa shape index (κ1) is 22.1. The molecule has 6 nitrogen and oxygen atoms in total. The van der Waals surface area contributed by atoms with E-state index in [0.29, 0.717) is 45.0 Å². The molecule has 0 saturated carbocycles. The molecular weight excluding hydrogens is 421 g/mol. The Balaban J connectivity index is 1.34. The van der Waals surface area contributed by atoms with Gasteiger partial charge in [-0.15, -0.1) is 0 Å². The molecule has 2 saturated heterocycles. The summed E-state index contributed by atoms with van der Waals surface area (Å²) in [5.41, 5.74) is 0.143. The van der Waals surface area contributed by atoms with Crippen molar-refractivity contribution in [1.29, 1.82) is 0 Å². The number of nitrogens with zero attached hydrogens (tertiary/aromatic N) is 4. The van der Waals surface area contributed by atoms with Crippen molar-refractivity contribution < 1.29 is 22.8 Å². The third kappa shape index (κ3) is 4.87. The minimum Gasteiger partial charge on any atom is -0.353 e. The third-order valence-corrected chi connectivity index (χ3v) is 6.05. The molecule has 2 amide bonds. The van der Waals surface area contributed by atoms with E-state index in [1.807, 2.05) is 35.2 Å². The van der Waals surface area contributed by atoms with Crippen LogP contribution in [0.15, 0.2) is 48.7 Å². The van der Waals surface area contributed by atoms with Gasteiger partial charge in [0, 0.05) is 38.9 Å². The van der Waals surface area contributed by atoms with Crippen LogP contribution in [-0.2, 0) is 22.2 Å². The number of aromatic nitrogens is 1. The van der Waals surface area contributed by atoms with E-state index in [-0.39, 0.29) is 18.2 Å². The van der Waals surface area contributed by atoms with Gasteiger partial charge in [-0.3, -0.25) is 9.59 Å². The molecular formula is C23H25F3N4O2. The zero-order valence-electron chi connectivity index (χ0n) is 17.6. The lowest BCUT2D eigenvalue weighted by molar-refractivity contribution is -0.143. The van der Waals surface area contributed by atoms with Gasteiger partial charge in [-0.1, -0.05) is 30.3 Å². The number of anilines is 1. The first-order valence-corrected chi connectivity index (χ1v) is 10.7. The second-order valence-corrected chi connectivity index (χ2v) is 8.12. The van der Waals surface area contributed by atoms with Gasteiger partial charge in [0.15, 0.2) is 0 Å². The van der Waals surface area contributed by atoms with Crippen LogP contribution < -0.4 is 4.90 Å². The Labute approximate surface area is 184 Å². The number of benzene rings is 1. The summed E-state index contributed by atoms with van der Waals surface area (Å²) in [5.74, 6) is 0.370. The molecule has 3 heterocycles. The maximum absolute atomic E-state index is 13.1. The fourth-order valence-corrected chi connectivity index (χ4v) is 4.30. The Morgan fingerprint density at radius 2 is 1.69 bits per heavy atom. The van der Waals surface area contributed by atoms with Crippen LogP contribution >= 0.6 is 0 Å². The van der Waals surface area contributed by atoms with Gasteiger partial charge in [-0.05, 0) is 30.5 Å². The molecule has 1 unspecified atom stereocenters. The van der Waals surface area contributed by atoms with Crippen molar-refractivity contribution in [1.82, 2.24) is 14.8 Å². The fourth-order valence-electron chi connectivity index (χ4n) is 4.30. The minimum atomic E-state index is -4.41. The molecule has 1 aromatic carbocycles. The first-order chi connectivity index (χ1) is 15.3. The van der Waals surface area contributed by atoms with Crippen molar-refractivity contribution in [3.8, 4) is 0 Å². The molecule has 2 aliphatic rings. The summed E-state index contributed by atoms with van der Waals surface area (Å²) < 4.78 is 38.2. The Hall–Kier alpha value is -3.10. The van der Waals surface area contributed by atoms with E-state index >= 15 is 0 Å². The topological polar surface area (TPSA) is 56.8 Å². The molecule has 0 spiro atoms. The molecule has 4 rings (SSSR count). The molecule has 0 N–H and O–H groups in total. The number of amides is 2. The van der Waals surface area contributed by atoms with Crippen LogP contribution in [-0.4, -0.2) is 65.4 Å². The Bertz CT molecular complexity index is 942. The zero-order valence-corrected chi connectivity index (χ0v) is 17.6. The van der Waals surface area contributed by atoms with Crippen molar-refractivity contribution in [2.45, 2.75) is 31.5 Å². The maximum Gasteiger partial charge on any atom is 0.417 e. The first-order valence-electron chi connectivity index (χ1n) is 10.7. The third-order valence-electron chi connectivity index (χ3n) is 6.05. The van der Waals surface area contributed by atoms with Gasteiger partial charge >= 0.3 is 6.18 Å². The van der Waals surface area contributed by atoms with E-state index < -0.39 is 17.8 Å². The number of carbonyl (C=O) groups is 2. The summed E-state index contributed by atoms with van der Waals surface area (Å²) in [6.07, 6.45) is -1.85. The van der Waals surface area contributed by atoms with E-state index in [9.17, 15) is 22.8 Å². The normalized spacial score (nSPS) is 19.3. The highest BCUT2D eigenvalue weighted by molar-refractivity contribution is 5.89. The van der Waals surface area contributed by atoms with Crippen LogP contribution in [0.4, 0.5) is 19.0 Å². The highest BCUT2D eigenvalue weighted by atomic mass is 19.4. The number of likely N-dealkylation sites (tertiary alicyclic amines) is 1. The molecule has 0 radical (unpaired) electrons. The number of halogens is 3. The predicted octanol–water partition coefficient (Wildman–Crippen LogP) is 2.98. The average Bonchev–Trinajstić information content (AvgIpc) is 3.29. The molecule has 9 heteroatoms. The van der Waals surface area contributed by atoms with E-state index in [2.05, 4.69) is 4.98 Å². The lowest BCUT2D eigenvalue weighted by Crippen LogP contribution is -2.54. The summed E-state index contributed by atoms with van der Waals surface area (Å²) in [5, 5.41) is 0. The van der Waals surface area contributed by atoms with Gasteiger partial charge in [0.2, 0.25) is 11.8 Å². The van der Waals surface area contributed by atoms with Crippen LogP contribution in [0.2, 0.25) is 0 Å². The van der Waals surface area contributed by atoms with Gasteiger partial charge in [-0.2, -0.15) is 13.2 Å². The number of hydrogen-bond donors (Lipinski definition) is 0. The van der Waals surface area contributed by atoms with Crippen molar-refractivity contribution in [3.63, 3.8) is 0 Å². The second kappa shape index (κ2) is 9.18. The van der Waals surface area contributed by atoms with Gasteiger partial charge in [0.25, 0.3) is 0 Å². The summed E-state index contributed by atoms with van der Waals surface area (Å²) >= 11 is 0. The second-order valence-electron chi connectivity index (χ2n) is 8.12. The molecule has 1 atom stereocenters. The smallest absolute Gasteiger partial charge is 0.353 e. The predicted molar refractivity (Wildman–Crippen MR) is 113 cm³/mol. The van der Waals surface area contributed by atoms with E-state index in [0.717, 1.165) is 24.2 Å². The van der Waals surface area contributed by atoms with Crippen molar-refractivity contribution in [2.75, 3.05) is 37.6 Å². The van der Waals surface area contributed by atoms with E-state index in [4.69, 9.17) is 0 Å². The number of carbonyl (C=O) groups excluding carboxylic acids is 2. The van der Waals surface area contributed by atoms with Crippen molar-refractivity contribution in [2.24, 2.45) is 0 Å². The number of alkyl halides is 3. The zero-order chi connectivity index (χ0) is 22.7. The molecule has 2 fully saturated rings. The SMILES string of the molecule is O=C(C1CCCN1C(=O)Cc1ccccc1)N1CCN(c2ccc(C(F)(F)F)cn2)CC1. The van der Waals surface area contributed by atoms with Gasteiger partial charge < -0.3 is 14.7 Å². The van der Waals surface area contributed by atoms with E-state index in [1.165, 1.54) is 6.07 Å². The number of rotatable bonds is 4. The van der Waals surface area contributed by atoms with Crippen LogP contribution in [0.1, 0.15) is 24.0 Å². The Morgan fingerprint density at radius 1 is 0.969 bits per heavy atom. The maximum atomic E-state index is 13.1. The van der Waals surface area contributed by atoms with E-state index in [1.54, 1.807) is 9.80 Å². The van der Waals surface area contributed by atoms with Crippen LogP contribution in [0.25, 0.3) is 0 Å². The fraction of sp³-hybridized carbons (Fsp3) is 0.435. The van der Waals surface area contributed by atoms with Crippen LogP contribution in [0.5, 0.6) is 0 Å². The standard InChI is InChI=1S/C23H25F3N4O2/c24-23(25,26)18-8-9-20(27-16-18)28-11-13-29(14-12-28)22(32)19-7-4-10-30(19)21(31)15-17-5-2-1-3-6-17/h1-3,5-6,8-9,16,19H,4,7,10-15H2. The summed E-state index contributed by atoms with van der Waals surface area (Å²) in [7, 11) is 0. The molecule has 170 valence electrons. The lowest BCUT2D eigenvalue weighted by Gasteiger charge is -2.38. The molecule has 0 aliphatic carbocycles. The number of hydrogen-bond acceptors (Lipinski definition) is 4. The highest BCUT2D eigenvalue weighted by Gasteiger charge is 2.37. The van der Waals surface area contributed by atoms with Crippen molar-refractivity contribution in [3.05, 3.63) is 59.8 Å². The van der Waals surface area contributed by atoms with Gasteiger partial charge in [0.1, 0.15) is 11.9 Å². The molecule has 2 aromatic rings. The van der Waals surface area contributed by atoms with Gasteiger partial charge in [-0.25, -0.2) is 4.98 Å². The molecule has 32 heavy (non-hydrogen) atoms. The molecule has 0 bridgehead atoms. The largest absolute Gasteiger partial charge is 0.417 e. The Kier molecular flexibility index (Phi) is 6.34. The van der Waals surface area contributed by atoms with Crippen molar-refractivity contribution >= 4 is 17.6 Å². The number of piperazine rings is 1. The lowest BCUT2D eigenvalue weighted by atomic mass is 10.1. The molecule has 1 aromatic heterocycles. The minimum absolute atomic E-state index is 0.0420. The van der Waals surface area contributed by atoms with Crippen LogP contribution in [0.3, 0.4) is 0 Å². The summed E-state index contributed by atoms with van der Waals surface area (Å²) in [4.78, 5) is 35.2. The summed E-state index contributed by atoms with van der Waals surface area (Å²) in [6, 6.07) is 11.4. The monoisotopic (exact) mass is 446 g/mol. The number of pyridine rings is 1. The molecule has 2 aliphatic heterocycles. The quantitative estimate of drug-likeness (QED) is 0.725. The highest BCUT2D eigenvalue weighted by Crippen LogP contribution is 2.29. The van der Waals surface area contributed by atoms with Crippen LogP contribution in [0, 0.1) is 0 Å². The van der Waals surface area contributed by atoms with Gasteiger partial charge in [0.05, 0.1) is 12.0 Å². The average molecular weight is 446 g/mol.